The number of anilines is 1. The van der Waals surface area contributed by atoms with Crippen molar-refractivity contribution >= 4 is 40.6 Å². The van der Waals surface area contributed by atoms with E-state index in [1.54, 1.807) is 18.2 Å². The van der Waals surface area contributed by atoms with Gasteiger partial charge in [-0.3, -0.25) is 0 Å². The Morgan fingerprint density at radius 3 is 2.40 bits per heavy atom. The van der Waals surface area contributed by atoms with E-state index in [9.17, 15) is 0 Å². The average Bonchev–Trinajstić information content (AvgIpc) is 2.44. The van der Waals surface area contributed by atoms with Gasteiger partial charge in [0, 0.05) is 6.04 Å². The summed E-state index contributed by atoms with van der Waals surface area (Å²) in [7, 11) is 0. The molecule has 0 aliphatic rings. The summed E-state index contributed by atoms with van der Waals surface area (Å²) in [5, 5.41) is 12.9. The van der Waals surface area contributed by atoms with Crippen molar-refractivity contribution in [1.29, 1.82) is 5.26 Å². The van der Waals surface area contributed by atoms with E-state index in [1.807, 2.05) is 19.1 Å². The van der Waals surface area contributed by atoms with Gasteiger partial charge in [-0.1, -0.05) is 46.9 Å². The van der Waals surface area contributed by atoms with Crippen molar-refractivity contribution in [2.75, 3.05) is 5.32 Å². The van der Waals surface area contributed by atoms with Crippen LogP contribution in [0.25, 0.3) is 0 Å². The monoisotopic (exact) mass is 325 g/mol. The Kier molecular flexibility index (Phi) is 4.72. The van der Waals surface area contributed by atoms with E-state index in [1.165, 1.54) is 0 Å². The second-order valence-electron chi connectivity index (χ2n) is 4.19. The molecule has 0 saturated heterocycles. The van der Waals surface area contributed by atoms with Gasteiger partial charge < -0.3 is 5.32 Å². The highest BCUT2D eigenvalue weighted by molar-refractivity contribution is 6.42. The fourth-order valence-electron chi connectivity index (χ4n) is 1.68. The van der Waals surface area contributed by atoms with Crippen LogP contribution in [0, 0.1) is 11.3 Å². The number of nitriles is 1. The molecule has 0 spiro atoms. The first-order valence-corrected chi connectivity index (χ1v) is 6.93. The van der Waals surface area contributed by atoms with Gasteiger partial charge in [-0.2, -0.15) is 5.26 Å². The van der Waals surface area contributed by atoms with Crippen molar-refractivity contribution in [2.24, 2.45) is 0 Å². The quantitative estimate of drug-likeness (QED) is 0.799. The Labute approximate surface area is 132 Å². The molecule has 1 aromatic carbocycles. The molecule has 1 unspecified atom stereocenters. The van der Waals surface area contributed by atoms with Crippen molar-refractivity contribution < 1.29 is 0 Å². The third-order valence-corrected chi connectivity index (χ3v) is 3.74. The molecule has 102 valence electrons. The number of aromatic nitrogens is 1. The predicted molar refractivity (Wildman–Crippen MR) is 82.5 cm³/mol. The van der Waals surface area contributed by atoms with E-state index >= 15 is 0 Å². The lowest BCUT2D eigenvalue weighted by Gasteiger charge is -2.16. The average molecular weight is 327 g/mol. The van der Waals surface area contributed by atoms with E-state index in [-0.39, 0.29) is 11.2 Å². The number of benzene rings is 1. The number of pyridine rings is 1. The van der Waals surface area contributed by atoms with Gasteiger partial charge in [0.15, 0.2) is 0 Å². The fourth-order valence-corrected chi connectivity index (χ4v) is 2.23. The lowest BCUT2D eigenvalue weighted by atomic mass is 10.1. The second-order valence-corrected chi connectivity index (χ2v) is 5.36. The lowest BCUT2D eigenvalue weighted by molar-refractivity contribution is 0.874. The minimum Gasteiger partial charge on any atom is -0.362 e. The van der Waals surface area contributed by atoms with Crippen LogP contribution in [0.15, 0.2) is 30.3 Å². The number of halogens is 3. The normalized spacial score (nSPS) is 11.8. The van der Waals surface area contributed by atoms with Crippen molar-refractivity contribution in [3.05, 3.63) is 56.7 Å². The molecule has 0 amide bonds. The summed E-state index contributed by atoms with van der Waals surface area (Å²) in [5.41, 5.74) is 1.62. The molecular weight excluding hydrogens is 317 g/mol. The number of nitrogens with zero attached hydrogens (tertiary/aromatic N) is 2. The molecule has 0 radical (unpaired) electrons. The molecule has 0 saturated carbocycles. The van der Waals surface area contributed by atoms with Crippen LogP contribution in [-0.2, 0) is 0 Å². The largest absolute Gasteiger partial charge is 0.362 e. The molecule has 1 N–H and O–H groups in total. The van der Waals surface area contributed by atoms with Gasteiger partial charge in [0.05, 0.1) is 21.7 Å². The van der Waals surface area contributed by atoms with Crippen LogP contribution in [0.5, 0.6) is 0 Å². The summed E-state index contributed by atoms with van der Waals surface area (Å²) in [4.78, 5) is 4.11. The highest BCUT2D eigenvalue weighted by atomic mass is 35.5. The maximum absolute atomic E-state index is 8.77. The van der Waals surface area contributed by atoms with Crippen LogP contribution in [0.2, 0.25) is 15.2 Å². The predicted octanol–water partition coefficient (Wildman–Crippen LogP) is 5.09. The van der Waals surface area contributed by atoms with Crippen LogP contribution < -0.4 is 5.32 Å². The summed E-state index contributed by atoms with van der Waals surface area (Å²) in [6.07, 6.45) is 0. The van der Waals surface area contributed by atoms with Crippen LogP contribution >= 0.6 is 34.8 Å². The van der Waals surface area contributed by atoms with E-state index in [2.05, 4.69) is 16.4 Å². The topological polar surface area (TPSA) is 48.7 Å². The van der Waals surface area contributed by atoms with Crippen LogP contribution in [0.1, 0.15) is 24.1 Å². The summed E-state index contributed by atoms with van der Waals surface area (Å²) >= 11 is 17.8. The molecule has 1 atom stereocenters. The highest BCUT2D eigenvalue weighted by Gasteiger charge is 2.11. The summed E-state index contributed by atoms with van der Waals surface area (Å²) in [6, 6.07) is 10.9. The third-order valence-electron chi connectivity index (χ3n) is 2.78. The van der Waals surface area contributed by atoms with Crippen molar-refractivity contribution in [3.63, 3.8) is 0 Å². The van der Waals surface area contributed by atoms with Gasteiger partial charge in [-0.15, -0.1) is 0 Å². The van der Waals surface area contributed by atoms with Crippen molar-refractivity contribution in [2.45, 2.75) is 13.0 Å². The van der Waals surface area contributed by atoms with Gasteiger partial charge in [-0.25, -0.2) is 4.98 Å². The first kappa shape index (κ1) is 14.9. The maximum Gasteiger partial charge on any atom is 0.150 e. The zero-order valence-corrected chi connectivity index (χ0v) is 12.8. The summed E-state index contributed by atoms with van der Waals surface area (Å²) in [6.45, 7) is 1.96. The maximum atomic E-state index is 8.77. The molecule has 3 nitrogen and oxygen atoms in total. The lowest BCUT2D eigenvalue weighted by Crippen LogP contribution is -2.08. The minimum absolute atomic E-state index is 0.0371. The van der Waals surface area contributed by atoms with E-state index in [0.29, 0.717) is 21.4 Å². The van der Waals surface area contributed by atoms with Gasteiger partial charge >= 0.3 is 0 Å². The molecule has 2 aromatic rings. The molecular formula is C14H10Cl3N3. The van der Waals surface area contributed by atoms with Gasteiger partial charge in [-0.05, 0) is 30.7 Å². The van der Waals surface area contributed by atoms with Crippen LogP contribution in [-0.4, -0.2) is 4.98 Å². The fraction of sp³-hybridized carbons (Fsp3) is 0.143. The zero-order chi connectivity index (χ0) is 14.7. The number of hydrogen-bond acceptors (Lipinski definition) is 3. The Morgan fingerprint density at radius 2 is 1.80 bits per heavy atom. The Balaban J connectivity index is 2.21. The van der Waals surface area contributed by atoms with Gasteiger partial charge in [0.25, 0.3) is 0 Å². The Bertz CT molecular complexity index is 663. The smallest absolute Gasteiger partial charge is 0.150 e. The molecule has 2 rings (SSSR count). The van der Waals surface area contributed by atoms with Crippen LogP contribution in [0.3, 0.4) is 0 Å². The van der Waals surface area contributed by atoms with Crippen molar-refractivity contribution in [1.82, 2.24) is 4.98 Å². The van der Waals surface area contributed by atoms with Gasteiger partial charge in [0.1, 0.15) is 11.0 Å². The van der Waals surface area contributed by atoms with E-state index < -0.39 is 0 Å². The molecule has 1 heterocycles. The standard InChI is InChI=1S/C14H10Cl3N3/c1-8(10-4-2-9(7-18)3-5-10)19-14-12(16)6-11(15)13(17)20-14/h2-6,8H,1H3,(H,19,20). The molecule has 1 aromatic heterocycles. The first-order valence-electron chi connectivity index (χ1n) is 5.79. The third kappa shape index (κ3) is 3.34. The van der Waals surface area contributed by atoms with Gasteiger partial charge in [0.2, 0.25) is 0 Å². The molecule has 20 heavy (non-hydrogen) atoms. The number of hydrogen-bond donors (Lipinski definition) is 1. The van der Waals surface area contributed by atoms with E-state index in [4.69, 9.17) is 40.1 Å². The van der Waals surface area contributed by atoms with Crippen molar-refractivity contribution in [3.8, 4) is 6.07 Å². The SMILES string of the molecule is CC(Nc1nc(Cl)c(Cl)cc1Cl)c1ccc(C#N)cc1. The Hall–Kier alpha value is -1.47. The molecule has 0 aliphatic heterocycles. The minimum atomic E-state index is -0.0371. The zero-order valence-electron chi connectivity index (χ0n) is 10.5. The molecule has 6 heteroatoms. The molecule has 0 bridgehead atoms. The summed E-state index contributed by atoms with van der Waals surface area (Å²) in [5.74, 6) is 0.470. The highest BCUT2D eigenvalue weighted by Crippen LogP contribution is 2.31. The number of nitrogens with one attached hydrogen (secondary N) is 1. The first-order chi connectivity index (χ1) is 9.51. The summed E-state index contributed by atoms with van der Waals surface area (Å²) < 4.78 is 0. The Morgan fingerprint density at radius 1 is 1.15 bits per heavy atom. The number of rotatable bonds is 3. The molecule has 0 aliphatic carbocycles. The second kappa shape index (κ2) is 6.32. The van der Waals surface area contributed by atoms with E-state index in [0.717, 1.165) is 5.56 Å². The van der Waals surface area contributed by atoms with Crippen LogP contribution in [0.4, 0.5) is 5.82 Å². The molecule has 0 fully saturated rings.